The number of hydrogen-bond donors (Lipinski definition) is 1. The quantitative estimate of drug-likeness (QED) is 0.553. The number of methoxy groups -OCH3 is 2. The van der Waals surface area contributed by atoms with E-state index in [0.29, 0.717) is 58.0 Å². The molecule has 9 heteroatoms. The molecule has 0 bridgehead atoms. The van der Waals surface area contributed by atoms with Gasteiger partial charge in [0.25, 0.3) is 11.8 Å². The summed E-state index contributed by atoms with van der Waals surface area (Å²) in [6, 6.07) is 13.9. The van der Waals surface area contributed by atoms with E-state index in [1.165, 1.54) is 25.6 Å². The Bertz CT molecular complexity index is 1270. The number of hydrogen-bond acceptors (Lipinski definition) is 8. The standard InChI is InChI=1S/C24H20N2O6S/c1-29-16-8-6-15(13-18(16)30-2)26-23(27)21(20-4-3-11-33-20)22(24(26)28)25-14-5-7-17-19(12-14)32-10-9-31-17/h3-8,11-13,25H,9-10H2,1-2H3. The first kappa shape index (κ1) is 20.9. The van der Waals surface area contributed by atoms with Crippen molar-refractivity contribution < 1.29 is 28.5 Å². The molecular formula is C24H20N2O6S. The summed E-state index contributed by atoms with van der Waals surface area (Å²) >= 11 is 1.39. The molecule has 0 unspecified atom stereocenters. The second-order valence-corrected chi connectivity index (χ2v) is 8.14. The van der Waals surface area contributed by atoms with Gasteiger partial charge in [0.1, 0.15) is 18.9 Å². The number of carbonyl (C=O) groups is 2. The number of thiophene rings is 1. The van der Waals surface area contributed by atoms with E-state index in [2.05, 4.69) is 5.32 Å². The molecule has 5 rings (SSSR count). The van der Waals surface area contributed by atoms with Gasteiger partial charge < -0.3 is 24.3 Å². The van der Waals surface area contributed by atoms with E-state index in [1.807, 2.05) is 17.5 Å². The Morgan fingerprint density at radius 2 is 1.70 bits per heavy atom. The van der Waals surface area contributed by atoms with Crippen molar-refractivity contribution in [2.45, 2.75) is 0 Å². The van der Waals surface area contributed by atoms with Gasteiger partial charge in [0.05, 0.1) is 25.5 Å². The molecular weight excluding hydrogens is 444 g/mol. The molecule has 0 saturated heterocycles. The maximum absolute atomic E-state index is 13.5. The minimum absolute atomic E-state index is 0.189. The monoisotopic (exact) mass is 464 g/mol. The van der Waals surface area contributed by atoms with Crippen LogP contribution in [-0.4, -0.2) is 39.2 Å². The van der Waals surface area contributed by atoms with Crippen LogP contribution in [0.15, 0.2) is 59.6 Å². The maximum atomic E-state index is 13.5. The third-order valence-corrected chi connectivity index (χ3v) is 6.18. The van der Waals surface area contributed by atoms with Crippen LogP contribution < -0.4 is 29.2 Å². The average molecular weight is 464 g/mol. The molecule has 1 aromatic heterocycles. The molecule has 33 heavy (non-hydrogen) atoms. The minimum atomic E-state index is -0.467. The van der Waals surface area contributed by atoms with E-state index in [1.54, 1.807) is 36.4 Å². The van der Waals surface area contributed by atoms with E-state index in [-0.39, 0.29) is 5.70 Å². The fraction of sp³-hybridized carbons (Fsp3) is 0.167. The Morgan fingerprint density at radius 1 is 0.909 bits per heavy atom. The predicted molar refractivity (Wildman–Crippen MR) is 124 cm³/mol. The number of ether oxygens (including phenoxy) is 4. The highest BCUT2D eigenvalue weighted by Gasteiger charge is 2.41. The Hall–Kier alpha value is -3.98. The Balaban J connectivity index is 1.55. The summed E-state index contributed by atoms with van der Waals surface area (Å²) in [4.78, 5) is 28.9. The number of carbonyl (C=O) groups excluding carboxylic acids is 2. The van der Waals surface area contributed by atoms with Crippen LogP contribution in [0.1, 0.15) is 4.88 Å². The van der Waals surface area contributed by atoms with Crippen molar-refractivity contribution in [3.8, 4) is 23.0 Å². The highest BCUT2D eigenvalue weighted by molar-refractivity contribution is 7.11. The summed E-state index contributed by atoms with van der Waals surface area (Å²) in [5.74, 6) is 1.25. The SMILES string of the molecule is COc1ccc(N2C(=O)C(Nc3ccc4c(c3)OCCO4)=C(c3cccs3)C2=O)cc1OC. The van der Waals surface area contributed by atoms with Crippen molar-refractivity contribution in [2.24, 2.45) is 0 Å². The van der Waals surface area contributed by atoms with Crippen molar-refractivity contribution in [3.05, 3.63) is 64.5 Å². The number of imide groups is 1. The lowest BCUT2D eigenvalue weighted by Gasteiger charge is -2.19. The Kier molecular flexibility index (Phi) is 5.39. The summed E-state index contributed by atoms with van der Waals surface area (Å²) < 4.78 is 21.8. The minimum Gasteiger partial charge on any atom is -0.493 e. The van der Waals surface area contributed by atoms with Crippen molar-refractivity contribution in [2.75, 3.05) is 37.7 Å². The molecule has 0 spiro atoms. The molecule has 3 heterocycles. The molecule has 2 aliphatic rings. The van der Waals surface area contributed by atoms with E-state index in [0.717, 1.165) is 4.90 Å². The van der Waals surface area contributed by atoms with Crippen molar-refractivity contribution in [3.63, 3.8) is 0 Å². The molecule has 0 atom stereocenters. The first-order valence-corrected chi connectivity index (χ1v) is 11.0. The van der Waals surface area contributed by atoms with Crippen molar-refractivity contribution in [1.82, 2.24) is 0 Å². The van der Waals surface area contributed by atoms with Gasteiger partial charge in [0, 0.05) is 22.7 Å². The van der Waals surface area contributed by atoms with Gasteiger partial charge in [-0.25, -0.2) is 4.90 Å². The second kappa shape index (κ2) is 8.51. The van der Waals surface area contributed by atoms with Crippen molar-refractivity contribution >= 4 is 40.1 Å². The zero-order chi connectivity index (χ0) is 22.9. The van der Waals surface area contributed by atoms with Crippen LogP contribution in [0.2, 0.25) is 0 Å². The number of rotatable bonds is 6. The predicted octanol–water partition coefficient (Wildman–Crippen LogP) is 3.93. The normalized spacial score (nSPS) is 15.2. The third kappa shape index (κ3) is 3.66. The van der Waals surface area contributed by atoms with Gasteiger partial charge in [0.15, 0.2) is 23.0 Å². The second-order valence-electron chi connectivity index (χ2n) is 7.20. The largest absolute Gasteiger partial charge is 0.493 e. The number of amides is 2. The summed E-state index contributed by atoms with van der Waals surface area (Å²) in [5, 5.41) is 5.01. The number of anilines is 2. The van der Waals surface area contributed by atoms with Crippen LogP contribution in [0, 0.1) is 0 Å². The lowest BCUT2D eigenvalue weighted by molar-refractivity contribution is -0.120. The fourth-order valence-corrected chi connectivity index (χ4v) is 4.53. The number of nitrogens with zero attached hydrogens (tertiary/aromatic N) is 1. The van der Waals surface area contributed by atoms with Crippen molar-refractivity contribution in [1.29, 1.82) is 0 Å². The molecule has 1 N–H and O–H groups in total. The lowest BCUT2D eigenvalue weighted by Crippen LogP contribution is -2.32. The molecule has 0 saturated carbocycles. The van der Waals surface area contributed by atoms with Crippen LogP contribution >= 0.6 is 11.3 Å². The molecule has 0 fully saturated rings. The highest BCUT2D eigenvalue weighted by atomic mass is 32.1. The smallest absolute Gasteiger partial charge is 0.282 e. The molecule has 2 amide bonds. The number of fused-ring (bicyclic) bond motifs is 1. The Morgan fingerprint density at radius 3 is 2.42 bits per heavy atom. The fourth-order valence-electron chi connectivity index (χ4n) is 3.76. The summed E-state index contributed by atoms with van der Waals surface area (Å²) in [6.45, 7) is 0.935. The zero-order valence-electron chi connectivity index (χ0n) is 17.9. The highest BCUT2D eigenvalue weighted by Crippen LogP contribution is 2.39. The van der Waals surface area contributed by atoms with Crippen LogP contribution in [0.25, 0.3) is 5.57 Å². The molecule has 0 radical (unpaired) electrons. The van der Waals surface area contributed by atoms with Gasteiger partial charge >= 0.3 is 0 Å². The van der Waals surface area contributed by atoms with Crippen LogP contribution in [0.4, 0.5) is 11.4 Å². The summed E-state index contributed by atoms with van der Waals surface area (Å²) in [6.07, 6.45) is 0. The first-order valence-electron chi connectivity index (χ1n) is 10.2. The van der Waals surface area contributed by atoms with Crippen LogP contribution in [0.5, 0.6) is 23.0 Å². The molecule has 3 aromatic rings. The number of benzene rings is 2. The molecule has 2 aliphatic heterocycles. The van der Waals surface area contributed by atoms with Crippen LogP contribution in [-0.2, 0) is 9.59 Å². The number of nitrogens with one attached hydrogen (secondary N) is 1. The maximum Gasteiger partial charge on any atom is 0.282 e. The van der Waals surface area contributed by atoms with E-state index < -0.39 is 11.8 Å². The molecule has 168 valence electrons. The lowest BCUT2D eigenvalue weighted by atomic mass is 10.1. The topological polar surface area (TPSA) is 86.3 Å². The van der Waals surface area contributed by atoms with Gasteiger partial charge in [-0.05, 0) is 35.7 Å². The van der Waals surface area contributed by atoms with Gasteiger partial charge in [0.2, 0.25) is 0 Å². The first-order chi connectivity index (χ1) is 16.1. The molecule has 2 aromatic carbocycles. The zero-order valence-corrected chi connectivity index (χ0v) is 18.7. The molecule has 8 nitrogen and oxygen atoms in total. The summed E-state index contributed by atoms with van der Waals surface area (Å²) in [7, 11) is 3.02. The Labute approximate surface area is 193 Å². The van der Waals surface area contributed by atoms with Gasteiger partial charge in [-0.2, -0.15) is 0 Å². The third-order valence-electron chi connectivity index (χ3n) is 5.29. The van der Waals surface area contributed by atoms with E-state index in [4.69, 9.17) is 18.9 Å². The summed E-state index contributed by atoms with van der Waals surface area (Å²) in [5.41, 5.74) is 1.49. The van der Waals surface area contributed by atoms with Gasteiger partial charge in [-0.15, -0.1) is 11.3 Å². The van der Waals surface area contributed by atoms with Crippen LogP contribution in [0.3, 0.4) is 0 Å². The molecule has 0 aliphatic carbocycles. The van der Waals surface area contributed by atoms with Gasteiger partial charge in [-0.3, -0.25) is 9.59 Å². The average Bonchev–Trinajstić information content (AvgIpc) is 3.45. The van der Waals surface area contributed by atoms with E-state index >= 15 is 0 Å². The van der Waals surface area contributed by atoms with E-state index in [9.17, 15) is 9.59 Å². The van der Waals surface area contributed by atoms with Gasteiger partial charge in [-0.1, -0.05) is 6.07 Å².